The minimum atomic E-state index is -0.878. The van der Waals surface area contributed by atoms with Crippen molar-refractivity contribution in [3.05, 3.63) is 35.4 Å². The number of hydrogen-bond donors (Lipinski definition) is 2. The number of hydrogen-bond acceptors (Lipinski definition) is 2. The van der Waals surface area contributed by atoms with Crippen molar-refractivity contribution < 1.29 is 9.90 Å². The summed E-state index contributed by atoms with van der Waals surface area (Å²) in [5.74, 6) is -0.878. The monoisotopic (exact) mass is 193 g/mol. The smallest absolute Gasteiger partial charge is 0.305 e. The fraction of sp³-hybridized carbons (Fsp3) is 0.364. The first kappa shape index (κ1) is 10.7. The predicted molar refractivity (Wildman–Crippen MR) is 55.0 cm³/mol. The van der Waals surface area contributed by atoms with Gasteiger partial charge in [0.05, 0.1) is 6.42 Å². The second-order valence-electron chi connectivity index (χ2n) is 3.86. The highest BCUT2D eigenvalue weighted by molar-refractivity contribution is 5.68. The molecule has 0 fully saturated rings. The average molecular weight is 193 g/mol. The first-order valence-corrected chi connectivity index (χ1v) is 4.49. The van der Waals surface area contributed by atoms with Gasteiger partial charge in [-0.1, -0.05) is 29.8 Å². The Kier molecular flexibility index (Phi) is 2.91. The second-order valence-corrected chi connectivity index (χ2v) is 3.86. The average Bonchev–Trinajstić information content (AvgIpc) is 2.01. The van der Waals surface area contributed by atoms with E-state index in [2.05, 4.69) is 0 Å². The zero-order chi connectivity index (χ0) is 10.8. The Morgan fingerprint density at radius 2 is 2.21 bits per heavy atom. The van der Waals surface area contributed by atoms with E-state index in [0.29, 0.717) is 0 Å². The van der Waals surface area contributed by atoms with Crippen LogP contribution in [0.1, 0.15) is 24.5 Å². The number of aliphatic carboxylic acids is 1. The molecule has 0 aliphatic heterocycles. The molecule has 76 valence electrons. The van der Waals surface area contributed by atoms with Gasteiger partial charge >= 0.3 is 5.97 Å². The molecule has 0 heterocycles. The van der Waals surface area contributed by atoms with Crippen molar-refractivity contribution in [2.75, 3.05) is 0 Å². The maximum absolute atomic E-state index is 10.6. The molecule has 0 spiro atoms. The third kappa shape index (κ3) is 2.57. The Morgan fingerprint density at radius 3 is 2.71 bits per heavy atom. The Bertz CT molecular complexity index is 345. The molecular weight excluding hydrogens is 178 g/mol. The van der Waals surface area contributed by atoms with Crippen LogP contribution in [0.15, 0.2) is 24.3 Å². The van der Waals surface area contributed by atoms with E-state index in [9.17, 15) is 4.79 Å². The maximum Gasteiger partial charge on any atom is 0.305 e. The van der Waals surface area contributed by atoms with Crippen molar-refractivity contribution in [2.45, 2.75) is 25.8 Å². The van der Waals surface area contributed by atoms with Gasteiger partial charge in [-0.3, -0.25) is 4.79 Å². The highest BCUT2D eigenvalue weighted by atomic mass is 16.4. The van der Waals surface area contributed by atoms with E-state index in [1.54, 1.807) is 6.92 Å². The summed E-state index contributed by atoms with van der Waals surface area (Å²) in [5, 5.41) is 8.70. The van der Waals surface area contributed by atoms with Crippen LogP contribution >= 0.6 is 0 Å². The fourth-order valence-corrected chi connectivity index (χ4v) is 1.42. The van der Waals surface area contributed by atoms with Crippen molar-refractivity contribution >= 4 is 5.97 Å². The van der Waals surface area contributed by atoms with Gasteiger partial charge in [0.1, 0.15) is 0 Å². The molecule has 3 N–H and O–H groups in total. The molecular formula is C11H15NO2. The fourth-order valence-electron chi connectivity index (χ4n) is 1.42. The van der Waals surface area contributed by atoms with Crippen LogP contribution in [-0.4, -0.2) is 11.1 Å². The largest absolute Gasteiger partial charge is 0.481 e. The summed E-state index contributed by atoms with van der Waals surface area (Å²) in [7, 11) is 0. The molecule has 3 heteroatoms. The highest BCUT2D eigenvalue weighted by Gasteiger charge is 2.24. The molecule has 1 rings (SSSR count). The number of carboxylic acid groups (broad SMARTS) is 1. The van der Waals surface area contributed by atoms with E-state index < -0.39 is 11.5 Å². The van der Waals surface area contributed by atoms with Crippen LogP contribution in [0.2, 0.25) is 0 Å². The summed E-state index contributed by atoms with van der Waals surface area (Å²) in [6, 6.07) is 7.62. The zero-order valence-electron chi connectivity index (χ0n) is 8.45. The first-order valence-electron chi connectivity index (χ1n) is 4.49. The van der Waals surface area contributed by atoms with E-state index >= 15 is 0 Å². The van der Waals surface area contributed by atoms with Gasteiger partial charge < -0.3 is 10.8 Å². The van der Waals surface area contributed by atoms with Crippen molar-refractivity contribution in [1.82, 2.24) is 0 Å². The summed E-state index contributed by atoms with van der Waals surface area (Å²) in [4.78, 5) is 10.6. The van der Waals surface area contributed by atoms with Crippen LogP contribution in [-0.2, 0) is 10.3 Å². The zero-order valence-corrected chi connectivity index (χ0v) is 8.45. The number of carbonyl (C=O) groups is 1. The molecule has 0 aliphatic carbocycles. The Labute approximate surface area is 83.6 Å². The lowest BCUT2D eigenvalue weighted by atomic mass is 9.89. The molecule has 14 heavy (non-hydrogen) atoms. The molecule has 0 aliphatic rings. The van der Waals surface area contributed by atoms with Gasteiger partial charge in [-0.2, -0.15) is 0 Å². The number of rotatable bonds is 3. The molecule has 1 atom stereocenters. The quantitative estimate of drug-likeness (QED) is 0.767. The lowest BCUT2D eigenvalue weighted by Crippen LogP contribution is -2.35. The van der Waals surface area contributed by atoms with Crippen LogP contribution in [0.3, 0.4) is 0 Å². The minimum absolute atomic E-state index is 0.0591. The predicted octanol–water partition coefficient (Wildman–Crippen LogP) is 1.64. The number of nitrogens with two attached hydrogens (primary N) is 1. The Hall–Kier alpha value is -1.35. The summed E-state index contributed by atoms with van der Waals surface area (Å²) in [5.41, 5.74) is 7.08. The van der Waals surface area contributed by atoms with E-state index in [4.69, 9.17) is 10.8 Å². The summed E-state index contributed by atoms with van der Waals surface area (Å²) >= 11 is 0. The van der Waals surface area contributed by atoms with Gasteiger partial charge in [-0.25, -0.2) is 0 Å². The molecule has 0 bridgehead atoms. The second kappa shape index (κ2) is 3.80. The normalized spacial score (nSPS) is 14.8. The lowest BCUT2D eigenvalue weighted by molar-refractivity contribution is -0.138. The number of aryl methyl sites for hydroxylation is 1. The van der Waals surface area contributed by atoms with Crippen LogP contribution in [0.5, 0.6) is 0 Å². The lowest BCUT2D eigenvalue weighted by Gasteiger charge is -2.23. The molecule has 0 aromatic heterocycles. The molecule has 1 aromatic carbocycles. The van der Waals surface area contributed by atoms with Crippen LogP contribution in [0.25, 0.3) is 0 Å². The van der Waals surface area contributed by atoms with Crippen molar-refractivity contribution in [1.29, 1.82) is 0 Å². The summed E-state index contributed by atoms with van der Waals surface area (Å²) < 4.78 is 0. The van der Waals surface area contributed by atoms with Crippen LogP contribution < -0.4 is 5.73 Å². The van der Waals surface area contributed by atoms with E-state index in [1.807, 2.05) is 31.2 Å². The van der Waals surface area contributed by atoms with Crippen molar-refractivity contribution in [3.8, 4) is 0 Å². The molecule has 0 amide bonds. The van der Waals surface area contributed by atoms with Crippen molar-refractivity contribution in [3.63, 3.8) is 0 Å². The van der Waals surface area contributed by atoms with E-state index in [-0.39, 0.29) is 6.42 Å². The van der Waals surface area contributed by atoms with Gasteiger partial charge in [-0.15, -0.1) is 0 Å². The van der Waals surface area contributed by atoms with Gasteiger partial charge in [0.2, 0.25) is 0 Å². The van der Waals surface area contributed by atoms with Crippen molar-refractivity contribution in [2.24, 2.45) is 5.73 Å². The first-order chi connectivity index (χ1) is 6.42. The third-order valence-electron chi connectivity index (χ3n) is 2.20. The van der Waals surface area contributed by atoms with Gasteiger partial charge in [0, 0.05) is 5.54 Å². The Morgan fingerprint density at radius 1 is 1.57 bits per heavy atom. The van der Waals surface area contributed by atoms with Crippen LogP contribution in [0, 0.1) is 6.92 Å². The number of benzene rings is 1. The SMILES string of the molecule is Cc1cccc(C(C)(N)CC(=O)O)c1. The van der Waals surface area contributed by atoms with Crippen LogP contribution in [0.4, 0.5) is 0 Å². The molecule has 0 saturated carbocycles. The van der Waals surface area contributed by atoms with E-state index in [0.717, 1.165) is 11.1 Å². The number of carboxylic acids is 1. The molecule has 3 nitrogen and oxygen atoms in total. The summed E-state index contributed by atoms with van der Waals surface area (Å²) in [6.45, 7) is 3.69. The molecule has 0 radical (unpaired) electrons. The molecule has 1 aromatic rings. The van der Waals surface area contributed by atoms with Gasteiger partial charge in [0.25, 0.3) is 0 Å². The van der Waals surface area contributed by atoms with Gasteiger partial charge in [0.15, 0.2) is 0 Å². The van der Waals surface area contributed by atoms with E-state index in [1.165, 1.54) is 0 Å². The maximum atomic E-state index is 10.6. The highest BCUT2D eigenvalue weighted by Crippen LogP contribution is 2.22. The Balaban J connectivity index is 2.97. The molecule has 0 saturated heterocycles. The topological polar surface area (TPSA) is 63.3 Å². The summed E-state index contributed by atoms with van der Waals surface area (Å²) in [6.07, 6.45) is -0.0591. The standard InChI is InChI=1S/C11H15NO2/c1-8-4-3-5-9(6-8)11(2,12)7-10(13)14/h3-6H,7,12H2,1-2H3,(H,13,14). The third-order valence-corrected chi connectivity index (χ3v) is 2.20. The minimum Gasteiger partial charge on any atom is -0.481 e. The molecule has 1 unspecified atom stereocenters. The van der Waals surface area contributed by atoms with Gasteiger partial charge in [-0.05, 0) is 19.4 Å².